The third-order valence-electron chi connectivity index (χ3n) is 4.04. The normalized spacial score (nSPS) is 12.6. The van der Waals surface area contributed by atoms with Crippen LogP contribution in [0.3, 0.4) is 0 Å². The topological polar surface area (TPSA) is 72.0 Å². The summed E-state index contributed by atoms with van der Waals surface area (Å²) in [6.45, 7) is 3.02. The van der Waals surface area contributed by atoms with Crippen LogP contribution in [-0.2, 0) is 11.0 Å². The van der Waals surface area contributed by atoms with Gasteiger partial charge in [-0.05, 0) is 44.2 Å². The molecule has 0 bridgehead atoms. The minimum absolute atomic E-state index is 0.0810. The second kappa shape index (κ2) is 8.20. The van der Waals surface area contributed by atoms with Gasteiger partial charge in [0.05, 0.1) is 10.8 Å². The molecule has 0 aliphatic rings. The van der Waals surface area contributed by atoms with E-state index in [1.54, 1.807) is 49.4 Å². The van der Waals surface area contributed by atoms with Gasteiger partial charge in [-0.25, -0.2) is 9.97 Å². The molecule has 0 spiro atoms. The third kappa shape index (κ3) is 4.92. The molecule has 29 heavy (non-hydrogen) atoms. The van der Waals surface area contributed by atoms with Gasteiger partial charge in [0.1, 0.15) is 5.03 Å². The number of hydrogen-bond acceptors (Lipinski definition) is 5. The van der Waals surface area contributed by atoms with E-state index < -0.39 is 23.2 Å². The van der Waals surface area contributed by atoms with Gasteiger partial charge >= 0.3 is 6.18 Å². The maximum Gasteiger partial charge on any atom is 0.451 e. The van der Waals surface area contributed by atoms with Gasteiger partial charge in [-0.2, -0.15) is 13.2 Å². The van der Waals surface area contributed by atoms with Crippen LogP contribution in [0.25, 0.3) is 10.9 Å². The smallest absolute Gasteiger partial charge is 0.325 e. The number of halogens is 3. The highest BCUT2D eigenvalue weighted by molar-refractivity contribution is 8.00. The lowest BCUT2D eigenvalue weighted by molar-refractivity contribution is -0.145. The third-order valence-corrected chi connectivity index (χ3v) is 5.14. The van der Waals surface area contributed by atoms with Crippen molar-refractivity contribution in [3.8, 4) is 0 Å². The van der Waals surface area contributed by atoms with Gasteiger partial charge in [0.2, 0.25) is 11.7 Å². The maximum absolute atomic E-state index is 13.1. The van der Waals surface area contributed by atoms with Crippen LogP contribution in [-0.4, -0.2) is 26.9 Å². The summed E-state index contributed by atoms with van der Waals surface area (Å²) >= 11 is 0.921. The number of carbonyl (C=O) groups excluding carboxylic acids is 2. The monoisotopic (exact) mass is 419 g/mol. The predicted octanol–water partition coefficient (Wildman–Crippen LogP) is 4.97. The first-order valence-corrected chi connectivity index (χ1v) is 9.45. The fourth-order valence-corrected chi connectivity index (χ4v) is 3.46. The number of thioether (sulfide) groups is 1. The highest BCUT2D eigenvalue weighted by Gasteiger charge is 2.35. The number of rotatable bonds is 5. The number of aromatic nitrogens is 2. The standard InChI is InChI=1S/C20H16F3N3O2S/c1-11(27)13-7-9-14(10-8-13)24-17(28)12(2)29-18-15-5-3-4-6-16(15)25-19(26-18)20(21,22)23/h3-10,12H,1-2H3,(H,24,28). The summed E-state index contributed by atoms with van der Waals surface area (Å²) in [6.07, 6.45) is -4.69. The van der Waals surface area contributed by atoms with Crippen molar-refractivity contribution in [2.75, 3.05) is 5.32 Å². The molecule has 1 heterocycles. The highest BCUT2D eigenvalue weighted by atomic mass is 32.2. The van der Waals surface area contributed by atoms with Crippen molar-refractivity contribution >= 4 is 40.0 Å². The van der Waals surface area contributed by atoms with Crippen LogP contribution in [0.5, 0.6) is 0 Å². The van der Waals surface area contributed by atoms with E-state index in [0.717, 1.165) is 11.8 Å². The second-order valence-corrected chi connectivity index (χ2v) is 7.58. The van der Waals surface area contributed by atoms with E-state index in [1.807, 2.05) is 0 Å². The molecule has 2 aromatic carbocycles. The second-order valence-electron chi connectivity index (χ2n) is 6.25. The van der Waals surface area contributed by atoms with Crippen LogP contribution >= 0.6 is 11.8 Å². The minimum atomic E-state index is -4.69. The van der Waals surface area contributed by atoms with E-state index in [-0.39, 0.29) is 16.3 Å². The van der Waals surface area contributed by atoms with Gasteiger partial charge in [-0.3, -0.25) is 9.59 Å². The molecule has 0 saturated carbocycles. The molecule has 150 valence electrons. The van der Waals surface area contributed by atoms with Gasteiger partial charge in [0.25, 0.3) is 0 Å². The molecule has 5 nitrogen and oxygen atoms in total. The number of alkyl halides is 3. The predicted molar refractivity (Wildman–Crippen MR) is 105 cm³/mol. The Morgan fingerprint density at radius 3 is 2.31 bits per heavy atom. The first-order valence-electron chi connectivity index (χ1n) is 8.57. The Balaban J connectivity index is 1.82. The van der Waals surface area contributed by atoms with Crippen molar-refractivity contribution in [1.82, 2.24) is 9.97 Å². The number of carbonyl (C=O) groups is 2. The lowest BCUT2D eigenvalue weighted by Gasteiger charge is -2.14. The summed E-state index contributed by atoms with van der Waals surface area (Å²) < 4.78 is 39.4. The molecular weight excluding hydrogens is 403 g/mol. The quantitative estimate of drug-likeness (QED) is 0.359. The molecule has 1 unspecified atom stereocenters. The van der Waals surface area contributed by atoms with E-state index in [9.17, 15) is 22.8 Å². The lowest BCUT2D eigenvalue weighted by atomic mass is 10.1. The zero-order valence-corrected chi connectivity index (χ0v) is 16.3. The van der Waals surface area contributed by atoms with E-state index in [0.29, 0.717) is 16.6 Å². The number of para-hydroxylation sites is 1. The molecule has 3 aromatic rings. The minimum Gasteiger partial charge on any atom is -0.325 e. The Labute approximate surface area is 168 Å². The van der Waals surface area contributed by atoms with Crippen LogP contribution in [0.15, 0.2) is 53.6 Å². The van der Waals surface area contributed by atoms with Crippen molar-refractivity contribution in [1.29, 1.82) is 0 Å². The van der Waals surface area contributed by atoms with E-state index in [4.69, 9.17) is 0 Å². The fraction of sp³-hybridized carbons (Fsp3) is 0.200. The first-order chi connectivity index (χ1) is 13.6. The van der Waals surface area contributed by atoms with Gasteiger partial charge in [0, 0.05) is 16.6 Å². The summed E-state index contributed by atoms with van der Waals surface area (Å²) in [5.74, 6) is -1.74. The zero-order chi connectivity index (χ0) is 21.2. The van der Waals surface area contributed by atoms with Gasteiger partial charge in [0.15, 0.2) is 5.78 Å². The Hall–Kier alpha value is -2.94. The molecule has 0 aliphatic carbocycles. The molecule has 0 radical (unpaired) electrons. The molecule has 0 saturated heterocycles. The Kier molecular flexibility index (Phi) is 5.88. The van der Waals surface area contributed by atoms with Crippen LogP contribution in [0.4, 0.5) is 18.9 Å². The van der Waals surface area contributed by atoms with Crippen molar-refractivity contribution in [3.63, 3.8) is 0 Å². The molecule has 0 aliphatic heterocycles. The van der Waals surface area contributed by atoms with Crippen LogP contribution in [0, 0.1) is 0 Å². The number of ketones is 1. The lowest BCUT2D eigenvalue weighted by Crippen LogP contribution is -2.23. The number of anilines is 1. The molecule has 0 fully saturated rings. The number of benzene rings is 2. The van der Waals surface area contributed by atoms with Crippen molar-refractivity contribution in [3.05, 3.63) is 59.9 Å². The molecule has 9 heteroatoms. The average Bonchev–Trinajstić information content (AvgIpc) is 2.67. The van der Waals surface area contributed by atoms with Crippen molar-refractivity contribution in [2.45, 2.75) is 30.3 Å². The van der Waals surface area contributed by atoms with Gasteiger partial charge in [-0.15, -0.1) is 0 Å². The zero-order valence-electron chi connectivity index (χ0n) is 15.4. The number of nitrogens with one attached hydrogen (secondary N) is 1. The highest BCUT2D eigenvalue weighted by Crippen LogP contribution is 2.33. The van der Waals surface area contributed by atoms with Crippen molar-refractivity contribution in [2.24, 2.45) is 0 Å². The van der Waals surface area contributed by atoms with Gasteiger partial charge in [-0.1, -0.05) is 30.0 Å². The molecule has 1 atom stereocenters. The van der Waals surface area contributed by atoms with Crippen LogP contribution in [0.1, 0.15) is 30.0 Å². The molecular formula is C20H16F3N3O2S. The van der Waals surface area contributed by atoms with Crippen molar-refractivity contribution < 1.29 is 22.8 Å². The maximum atomic E-state index is 13.1. The van der Waals surface area contributed by atoms with Crippen LogP contribution in [0.2, 0.25) is 0 Å². The number of Topliss-reactive ketones (excluding diaryl/α,β-unsaturated/α-hetero) is 1. The van der Waals surface area contributed by atoms with Gasteiger partial charge < -0.3 is 5.32 Å². The van der Waals surface area contributed by atoms with E-state index in [2.05, 4.69) is 15.3 Å². The summed E-state index contributed by atoms with van der Waals surface area (Å²) in [6, 6.07) is 12.7. The Bertz CT molecular complexity index is 1070. The molecule has 1 aromatic heterocycles. The molecule has 1 N–H and O–H groups in total. The van der Waals surface area contributed by atoms with Crippen LogP contribution < -0.4 is 5.32 Å². The Morgan fingerprint density at radius 2 is 1.69 bits per heavy atom. The number of amides is 1. The summed E-state index contributed by atoms with van der Waals surface area (Å²) in [5, 5.41) is 2.49. The Morgan fingerprint density at radius 1 is 1.03 bits per heavy atom. The van der Waals surface area contributed by atoms with E-state index >= 15 is 0 Å². The number of hydrogen-bond donors (Lipinski definition) is 1. The number of nitrogens with zero attached hydrogens (tertiary/aromatic N) is 2. The molecule has 3 rings (SSSR count). The summed E-state index contributed by atoms with van der Waals surface area (Å²) in [7, 11) is 0. The largest absolute Gasteiger partial charge is 0.451 e. The SMILES string of the molecule is CC(=O)c1ccc(NC(=O)C(C)Sc2nc(C(F)(F)F)nc3ccccc23)cc1. The summed E-state index contributed by atoms with van der Waals surface area (Å²) in [5.41, 5.74) is 1.15. The average molecular weight is 419 g/mol. The first kappa shape index (κ1) is 20.8. The van der Waals surface area contributed by atoms with E-state index in [1.165, 1.54) is 13.0 Å². The fourth-order valence-electron chi connectivity index (χ4n) is 2.52. The number of fused-ring (bicyclic) bond motifs is 1. The summed E-state index contributed by atoms with van der Waals surface area (Å²) in [4.78, 5) is 31.0. The molecule has 1 amide bonds.